The van der Waals surface area contributed by atoms with Gasteiger partial charge in [0, 0.05) is 18.3 Å². The predicted molar refractivity (Wildman–Crippen MR) is 99.7 cm³/mol. The van der Waals surface area contributed by atoms with Gasteiger partial charge in [-0.05, 0) is 29.8 Å². The van der Waals surface area contributed by atoms with Crippen molar-refractivity contribution in [3.8, 4) is 23.4 Å². The molecule has 0 spiro atoms. The number of halogens is 2. The number of ether oxygens (including phenoxy) is 3. The predicted octanol–water partition coefficient (Wildman–Crippen LogP) is 3.71. The Morgan fingerprint density at radius 2 is 1.97 bits per heavy atom. The summed E-state index contributed by atoms with van der Waals surface area (Å²) >= 11 is 0. The maximum atomic E-state index is 14.1. The van der Waals surface area contributed by atoms with Crippen molar-refractivity contribution in [2.45, 2.75) is 13.0 Å². The molecule has 0 N–H and O–H groups in total. The second-order valence-electron chi connectivity index (χ2n) is 5.96. The summed E-state index contributed by atoms with van der Waals surface area (Å²) in [6.45, 7) is -0.146. The van der Waals surface area contributed by atoms with Crippen LogP contribution < -0.4 is 9.47 Å². The minimum absolute atomic E-state index is 0.0489. The normalized spacial score (nSPS) is 10.2. The average Bonchev–Trinajstić information content (AvgIpc) is 2.75. The van der Waals surface area contributed by atoms with E-state index in [0.29, 0.717) is 0 Å². The van der Waals surface area contributed by atoms with Gasteiger partial charge in [-0.25, -0.2) is 13.8 Å². The van der Waals surface area contributed by atoms with E-state index in [1.54, 1.807) is 0 Å². The summed E-state index contributed by atoms with van der Waals surface area (Å²) in [6, 6.07) is 11.2. The molecule has 0 aliphatic carbocycles. The average molecular weight is 411 g/mol. The summed E-state index contributed by atoms with van der Waals surface area (Å²) in [5.41, 5.74) is 0.353. The van der Waals surface area contributed by atoms with Gasteiger partial charge in [0.1, 0.15) is 18.2 Å². The zero-order valence-electron chi connectivity index (χ0n) is 15.8. The van der Waals surface area contributed by atoms with Gasteiger partial charge in [-0.15, -0.1) is 0 Å². The molecule has 0 saturated heterocycles. The molecule has 0 saturated carbocycles. The molecule has 3 aromatic rings. The lowest BCUT2D eigenvalue weighted by atomic mass is 10.1. The van der Waals surface area contributed by atoms with E-state index in [-0.39, 0.29) is 47.4 Å². The number of rotatable bonds is 7. The van der Waals surface area contributed by atoms with Crippen LogP contribution in [0.2, 0.25) is 0 Å². The fraction of sp³-hybridized carbons (Fsp3) is 0.143. The van der Waals surface area contributed by atoms with Crippen LogP contribution in [-0.2, 0) is 22.6 Å². The van der Waals surface area contributed by atoms with E-state index in [9.17, 15) is 13.6 Å². The van der Waals surface area contributed by atoms with Crippen LogP contribution in [0.4, 0.5) is 8.78 Å². The quantitative estimate of drug-likeness (QED) is 0.547. The van der Waals surface area contributed by atoms with E-state index in [0.717, 1.165) is 12.1 Å². The lowest BCUT2D eigenvalue weighted by Crippen LogP contribution is -2.06. The van der Waals surface area contributed by atoms with Crippen LogP contribution in [0.3, 0.4) is 0 Å². The minimum atomic E-state index is -0.677. The highest BCUT2D eigenvalue weighted by Gasteiger charge is 2.11. The van der Waals surface area contributed by atoms with Crippen molar-refractivity contribution in [3.05, 3.63) is 77.2 Å². The Balaban J connectivity index is 1.66. The molecular weight excluding hydrogens is 396 g/mol. The summed E-state index contributed by atoms with van der Waals surface area (Å²) in [4.78, 5) is 19.4. The molecule has 0 radical (unpaired) electrons. The number of nitrogens with zero attached hydrogens (tertiary/aromatic N) is 3. The van der Waals surface area contributed by atoms with Crippen molar-refractivity contribution in [2.24, 2.45) is 0 Å². The molecule has 0 bridgehead atoms. The van der Waals surface area contributed by atoms with Crippen molar-refractivity contribution in [3.63, 3.8) is 0 Å². The Labute approximate surface area is 170 Å². The van der Waals surface area contributed by atoms with E-state index in [4.69, 9.17) is 14.7 Å². The summed E-state index contributed by atoms with van der Waals surface area (Å²) in [6.07, 6.45) is 1.22. The molecule has 0 amide bonds. The Morgan fingerprint density at radius 3 is 2.67 bits per heavy atom. The van der Waals surface area contributed by atoms with Crippen LogP contribution in [0.25, 0.3) is 0 Å². The fourth-order valence-corrected chi connectivity index (χ4v) is 2.42. The van der Waals surface area contributed by atoms with Gasteiger partial charge in [0.05, 0.1) is 25.2 Å². The molecule has 1 heterocycles. The Morgan fingerprint density at radius 1 is 1.13 bits per heavy atom. The van der Waals surface area contributed by atoms with Crippen LogP contribution in [-0.4, -0.2) is 23.0 Å². The third kappa shape index (κ3) is 5.26. The zero-order valence-corrected chi connectivity index (χ0v) is 15.8. The highest BCUT2D eigenvalue weighted by Crippen LogP contribution is 2.23. The molecule has 0 aliphatic rings. The molecule has 1 aromatic heterocycles. The van der Waals surface area contributed by atoms with Crippen molar-refractivity contribution < 1.29 is 27.8 Å². The number of methoxy groups -OCH3 is 1. The molecule has 0 aliphatic heterocycles. The van der Waals surface area contributed by atoms with Gasteiger partial charge in [0.15, 0.2) is 17.4 Å². The van der Waals surface area contributed by atoms with Gasteiger partial charge < -0.3 is 14.2 Å². The van der Waals surface area contributed by atoms with Crippen molar-refractivity contribution in [1.82, 2.24) is 9.97 Å². The molecule has 0 fully saturated rings. The molecular formula is C21H15F2N3O4. The minimum Gasteiger partial charge on any atom is -0.483 e. The third-order valence-corrected chi connectivity index (χ3v) is 3.91. The van der Waals surface area contributed by atoms with Gasteiger partial charge in [-0.1, -0.05) is 6.07 Å². The number of hydrogen-bond donors (Lipinski definition) is 0. The summed E-state index contributed by atoms with van der Waals surface area (Å²) in [5.74, 6) is -1.39. The third-order valence-electron chi connectivity index (χ3n) is 3.91. The number of esters is 1. The molecule has 2 aromatic carbocycles. The van der Waals surface area contributed by atoms with E-state index in [2.05, 4.69) is 14.7 Å². The lowest BCUT2D eigenvalue weighted by Gasteiger charge is -2.09. The smallest absolute Gasteiger partial charge is 0.310 e. The highest BCUT2D eigenvalue weighted by molar-refractivity contribution is 5.72. The van der Waals surface area contributed by atoms with Crippen LogP contribution in [0.1, 0.15) is 17.0 Å². The number of nitriles is 1. The van der Waals surface area contributed by atoms with Crippen LogP contribution in [0, 0.1) is 23.0 Å². The number of carbonyl (C=O) groups excluding carboxylic acids is 1. The van der Waals surface area contributed by atoms with Gasteiger partial charge in [0.2, 0.25) is 5.88 Å². The number of aromatic nitrogens is 2. The van der Waals surface area contributed by atoms with Crippen molar-refractivity contribution in [2.75, 3.05) is 7.11 Å². The first-order chi connectivity index (χ1) is 14.5. The standard InChI is InChI=1S/C21H15F2N3O4/c1-28-21(27)9-14-3-4-15(10-16(14)22)30-20-6-7-25-19(26-20)12-29-18-5-2-13(11-24)8-17(18)23/h2-8,10H,9,12H2,1H3. The molecule has 3 rings (SSSR count). The van der Waals surface area contributed by atoms with E-state index in [1.807, 2.05) is 6.07 Å². The first-order valence-electron chi connectivity index (χ1n) is 8.66. The van der Waals surface area contributed by atoms with Gasteiger partial charge in [-0.3, -0.25) is 4.79 Å². The number of carbonyl (C=O) groups is 1. The first kappa shape index (κ1) is 20.7. The SMILES string of the molecule is COC(=O)Cc1ccc(Oc2ccnc(COc3ccc(C#N)cc3F)n2)cc1F. The van der Waals surface area contributed by atoms with Crippen molar-refractivity contribution >= 4 is 5.97 Å². The van der Waals surface area contributed by atoms with E-state index < -0.39 is 17.6 Å². The topological polar surface area (TPSA) is 94.3 Å². The van der Waals surface area contributed by atoms with E-state index >= 15 is 0 Å². The molecule has 0 unspecified atom stereocenters. The van der Waals surface area contributed by atoms with Gasteiger partial charge in [-0.2, -0.15) is 10.2 Å². The Kier molecular flexibility index (Phi) is 6.49. The van der Waals surface area contributed by atoms with Crippen LogP contribution in [0.15, 0.2) is 48.7 Å². The number of benzene rings is 2. The maximum absolute atomic E-state index is 14.1. The number of hydrogen-bond acceptors (Lipinski definition) is 7. The Hall–Kier alpha value is -4.06. The van der Waals surface area contributed by atoms with E-state index in [1.165, 1.54) is 43.6 Å². The van der Waals surface area contributed by atoms with Gasteiger partial charge >= 0.3 is 5.97 Å². The second-order valence-corrected chi connectivity index (χ2v) is 5.96. The summed E-state index contributed by atoms with van der Waals surface area (Å²) in [5, 5.41) is 8.76. The highest BCUT2D eigenvalue weighted by atomic mass is 19.1. The van der Waals surface area contributed by atoms with Crippen LogP contribution >= 0.6 is 0 Å². The second kappa shape index (κ2) is 9.43. The summed E-state index contributed by atoms with van der Waals surface area (Å²) < 4.78 is 43.4. The summed E-state index contributed by atoms with van der Waals surface area (Å²) in [7, 11) is 1.23. The molecule has 7 nitrogen and oxygen atoms in total. The molecule has 9 heteroatoms. The van der Waals surface area contributed by atoms with Gasteiger partial charge in [0.25, 0.3) is 0 Å². The van der Waals surface area contributed by atoms with Crippen molar-refractivity contribution in [1.29, 1.82) is 5.26 Å². The lowest BCUT2D eigenvalue weighted by molar-refractivity contribution is -0.139. The monoisotopic (exact) mass is 411 g/mol. The zero-order chi connectivity index (χ0) is 21.5. The Bertz CT molecular complexity index is 1120. The molecule has 30 heavy (non-hydrogen) atoms. The first-order valence-corrected chi connectivity index (χ1v) is 8.66. The molecule has 0 atom stereocenters. The maximum Gasteiger partial charge on any atom is 0.310 e. The largest absolute Gasteiger partial charge is 0.483 e. The fourth-order valence-electron chi connectivity index (χ4n) is 2.42. The molecule has 152 valence electrons. The van der Waals surface area contributed by atoms with Crippen LogP contribution in [0.5, 0.6) is 17.4 Å².